The van der Waals surface area contributed by atoms with Gasteiger partial charge in [0.1, 0.15) is 5.75 Å². The number of hydrogen-bond donors (Lipinski definition) is 1. The molecule has 120 valence electrons. The largest absolute Gasteiger partial charge is 0.424 e. The van der Waals surface area contributed by atoms with Crippen molar-refractivity contribution in [1.29, 1.82) is 0 Å². The number of benzene rings is 2. The van der Waals surface area contributed by atoms with Gasteiger partial charge in [0.05, 0.1) is 6.42 Å². The van der Waals surface area contributed by atoms with Crippen molar-refractivity contribution >= 4 is 11.6 Å². The van der Waals surface area contributed by atoms with Gasteiger partial charge in [-0.15, -0.1) is 0 Å². The first kappa shape index (κ1) is 15.7. The van der Waals surface area contributed by atoms with Gasteiger partial charge in [-0.25, -0.2) is 9.97 Å². The van der Waals surface area contributed by atoms with E-state index in [1.165, 1.54) is 0 Å². The van der Waals surface area contributed by atoms with E-state index in [9.17, 15) is 4.79 Å². The lowest BCUT2D eigenvalue weighted by atomic mass is 10.1. The zero-order valence-corrected chi connectivity index (χ0v) is 13.3. The normalized spacial score (nSPS) is 10.2. The molecule has 0 aliphatic rings. The number of carbonyl (C=O) groups excluding carboxylic acids is 1. The number of ether oxygens (including phenoxy) is 1. The highest BCUT2D eigenvalue weighted by Gasteiger charge is 2.06. The number of aryl methyl sites for hydroxylation is 1. The average Bonchev–Trinajstić information content (AvgIpc) is 2.60. The fourth-order valence-electron chi connectivity index (χ4n) is 2.24. The molecule has 3 aromatic rings. The number of rotatable bonds is 5. The SMILES string of the molecule is Cc1ccccc1CC(=O)Nc1ccc(Oc2ncccn2)cc1. The van der Waals surface area contributed by atoms with Crippen LogP contribution in [0.1, 0.15) is 11.1 Å². The van der Waals surface area contributed by atoms with E-state index in [0.717, 1.165) is 16.8 Å². The average molecular weight is 319 g/mol. The van der Waals surface area contributed by atoms with Crippen molar-refractivity contribution in [2.24, 2.45) is 0 Å². The molecule has 0 aliphatic carbocycles. The summed E-state index contributed by atoms with van der Waals surface area (Å²) >= 11 is 0. The van der Waals surface area contributed by atoms with Gasteiger partial charge in [0.25, 0.3) is 0 Å². The third kappa shape index (κ3) is 4.16. The van der Waals surface area contributed by atoms with Crippen LogP contribution in [0.15, 0.2) is 67.0 Å². The van der Waals surface area contributed by atoms with Crippen LogP contribution in [0.4, 0.5) is 5.69 Å². The number of amides is 1. The molecule has 0 bridgehead atoms. The highest BCUT2D eigenvalue weighted by Crippen LogP contribution is 2.20. The molecule has 1 heterocycles. The first-order valence-corrected chi connectivity index (χ1v) is 7.60. The summed E-state index contributed by atoms with van der Waals surface area (Å²) in [5.41, 5.74) is 2.85. The Morgan fingerprint density at radius 3 is 2.42 bits per heavy atom. The van der Waals surface area contributed by atoms with Crippen LogP contribution in [0.3, 0.4) is 0 Å². The predicted molar refractivity (Wildman–Crippen MR) is 92.1 cm³/mol. The second-order valence-electron chi connectivity index (χ2n) is 5.31. The molecule has 24 heavy (non-hydrogen) atoms. The Morgan fingerprint density at radius 2 is 1.71 bits per heavy atom. The Labute approximate surface area is 140 Å². The van der Waals surface area contributed by atoms with Crippen LogP contribution < -0.4 is 10.1 Å². The van der Waals surface area contributed by atoms with E-state index in [-0.39, 0.29) is 11.9 Å². The van der Waals surface area contributed by atoms with E-state index in [0.29, 0.717) is 12.2 Å². The highest BCUT2D eigenvalue weighted by molar-refractivity contribution is 5.92. The van der Waals surface area contributed by atoms with E-state index < -0.39 is 0 Å². The number of nitrogens with zero attached hydrogens (tertiary/aromatic N) is 2. The second-order valence-corrected chi connectivity index (χ2v) is 5.31. The topological polar surface area (TPSA) is 64.1 Å². The minimum Gasteiger partial charge on any atom is -0.424 e. The van der Waals surface area contributed by atoms with Crippen molar-refractivity contribution in [3.8, 4) is 11.8 Å². The summed E-state index contributed by atoms with van der Waals surface area (Å²) in [6, 6.07) is 17.0. The molecule has 1 N–H and O–H groups in total. The molecule has 0 radical (unpaired) electrons. The summed E-state index contributed by atoms with van der Waals surface area (Å²) in [6.45, 7) is 2.00. The van der Waals surface area contributed by atoms with Gasteiger partial charge in [-0.3, -0.25) is 4.79 Å². The molecule has 2 aromatic carbocycles. The van der Waals surface area contributed by atoms with Crippen LogP contribution in [-0.2, 0) is 11.2 Å². The van der Waals surface area contributed by atoms with Crippen molar-refractivity contribution in [1.82, 2.24) is 9.97 Å². The Kier molecular flexibility index (Phi) is 4.81. The lowest BCUT2D eigenvalue weighted by molar-refractivity contribution is -0.115. The molecule has 0 atom stereocenters. The fourth-order valence-corrected chi connectivity index (χ4v) is 2.24. The van der Waals surface area contributed by atoms with Gasteiger partial charge in [0.2, 0.25) is 5.91 Å². The molecule has 0 fully saturated rings. The summed E-state index contributed by atoms with van der Waals surface area (Å²) in [6.07, 6.45) is 3.58. The zero-order chi connectivity index (χ0) is 16.8. The van der Waals surface area contributed by atoms with Crippen LogP contribution in [0.25, 0.3) is 0 Å². The number of anilines is 1. The lowest BCUT2D eigenvalue weighted by Crippen LogP contribution is -2.14. The zero-order valence-electron chi connectivity index (χ0n) is 13.3. The van der Waals surface area contributed by atoms with Crippen LogP contribution in [0, 0.1) is 6.92 Å². The van der Waals surface area contributed by atoms with Gasteiger partial charge in [0, 0.05) is 18.1 Å². The number of aromatic nitrogens is 2. The van der Waals surface area contributed by atoms with E-state index in [4.69, 9.17) is 4.74 Å². The van der Waals surface area contributed by atoms with Gasteiger partial charge >= 0.3 is 6.01 Å². The summed E-state index contributed by atoms with van der Waals surface area (Å²) < 4.78 is 5.51. The van der Waals surface area contributed by atoms with Crippen LogP contribution in [-0.4, -0.2) is 15.9 Å². The molecule has 1 aromatic heterocycles. The Hall–Kier alpha value is -3.21. The lowest BCUT2D eigenvalue weighted by Gasteiger charge is -2.08. The van der Waals surface area contributed by atoms with Crippen LogP contribution in [0.5, 0.6) is 11.8 Å². The molecule has 0 spiro atoms. The van der Waals surface area contributed by atoms with E-state index in [2.05, 4.69) is 15.3 Å². The fraction of sp³-hybridized carbons (Fsp3) is 0.105. The predicted octanol–water partition coefficient (Wildman–Crippen LogP) is 3.76. The van der Waals surface area contributed by atoms with Crippen molar-refractivity contribution in [2.45, 2.75) is 13.3 Å². The van der Waals surface area contributed by atoms with Crippen LogP contribution in [0.2, 0.25) is 0 Å². The minimum atomic E-state index is -0.0515. The van der Waals surface area contributed by atoms with Crippen molar-refractivity contribution in [3.05, 3.63) is 78.1 Å². The van der Waals surface area contributed by atoms with Gasteiger partial charge in [-0.05, 0) is 48.4 Å². The summed E-state index contributed by atoms with van der Waals surface area (Å²) in [5, 5.41) is 2.88. The summed E-state index contributed by atoms with van der Waals surface area (Å²) in [5.74, 6) is 0.558. The van der Waals surface area contributed by atoms with E-state index >= 15 is 0 Å². The van der Waals surface area contributed by atoms with Gasteiger partial charge < -0.3 is 10.1 Å². The maximum Gasteiger partial charge on any atom is 0.321 e. The highest BCUT2D eigenvalue weighted by atomic mass is 16.5. The monoisotopic (exact) mass is 319 g/mol. The maximum absolute atomic E-state index is 12.1. The quantitative estimate of drug-likeness (QED) is 0.778. The first-order chi connectivity index (χ1) is 11.7. The van der Waals surface area contributed by atoms with Crippen molar-refractivity contribution < 1.29 is 9.53 Å². The molecule has 1 amide bonds. The van der Waals surface area contributed by atoms with Gasteiger partial charge in [-0.2, -0.15) is 0 Å². The standard InChI is InChI=1S/C19H17N3O2/c1-14-5-2-3-6-15(14)13-18(23)22-16-7-9-17(10-8-16)24-19-20-11-4-12-21-19/h2-12H,13H2,1H3,(H,22,23). The molecule has 0 unspecified atom stereocenters. The molecular weight excluding hydrogens is 302 g/mol. The van der Waals surface area contributed by atoms with Crippen molar-refractivity contribution in [2.75, 3.05) is 5.32 Å². The molecule has 0 aliphatic heterocycles. The molecule has 5 heteroatoms. The third-order valence-corrected chi connectivity index (χ3v) is 3.50. The van der Waals surface area contributed by atoms with Crippen molar-refractivity contribution in [3.63, 3.8) is 0 Å². The van der Waals surface area contributed by atoms with E-state index in [1.807, 2.05) is 31.2 Å². The Morgan fingerprint density at radius 1 is 1.00 bits per heavy atom. The first-order valence-electron chi connectivity index (χ1n) is 7.60. The Bertz CT molecular complexity index is 818. The van der Waals surface area contributed by atoms with E-state index in [1.54, 1.807) is 42.7 Å². The minimum absolute atomic E-state index is 0.0515. The summed E-state index contributed by atoms with van der Waals surface area (Å²) in [7, 11) is 0. The smallest absolute Gasteiger partial charge is 0.321 e. The van der Waals surface area contributed by atoms with Gasteiger partial charge in [-0.1, -0.05) is 24.3 Å². The molecule has 0 saturated carbocycles. The second kappa shape index (κ2) is 7.37. The maximum atomic E-state index is 12.1. The molecule has 3 rings (SSSR count). The van der Waals surface area contributed by atoms with Gasteiger partial charge in [0.15, 0.2) is 0 Å². The number of carbonyl (C=O) groups is 1. The molecule has 5 nitrogen and oxygen atoms in total. The summed E-state index contributed by atoms with van der Waals surface area (Å²) in [4.78, 5) is 20.1. The molecular formula is C19H17N3O2. The number of nitrogens with one attached hydrogen (secondary N) is 1. The Balaban J connectivity index is 1.60. The van der Waals surface area contributed by atoms with Crippen LogP contribution >= 0.6 is 0 Å². The molecule has 0 saturated heterocycles. The number of hydrogen-bond acceptors (Lipinski definition) is 4. The third-order valence-electron chi connectivity index (χ3n) is 3.50.